The van der Waals surface area contributed by atoms with Crippen molar-refractivity contribution in [3.63, 3.8) is 0 Å². The number of nitrogens with zero attached hydrogens (tertiary/aromatic N) is 3. The van der Waals surface area contributed by atoms with E-state index in [1.165, 1.54) is 0 Å². The molecule has 1 amide bonds. The Kier molecular flexibility index (Phi) is 6.44. The molecule has 1 unspecified atom stereocenters. The summed E-state index contributed by atoms with van der Waals surface area (Å²) in [6.45, 7) is 9.61. The van der Waals surface area contributed by atoms with Gasteiger partial charge in [-0.15, -0.1) is 0 Å². The third-order valence-corrected chi connectivity index (χ3v) is 3.31. The lowest BCUT2D eigenvalue weighted by Crippen LogP contribution is -2.43. The van der Waals surface area contributed by atoms with Gasteiger partial charge in [-0.25, -0.2) is 0 Å². The number of carbonyl (C=O) groups is 1. The molecule has 20 heavy (non-hydrogen) atoms. The molecule has 0 aromatic heterocycles. The van der Waals surface area contributed by atoms with Gasteiger partial charge in [0.1, 0.15) is 0 Å². The Hall–Kier alpha value is -1.12. The number of likely N-dealkylation sites (tertiary alicyclic amines) is 1. The van der Waals surface area contributed by atoms with Crippen LogP contribution in [0.25, 0.3) is 0 Å². The molecule has 1 atom stereocenters. The fraction of sp³-hybridized carbons (Fsp3) is 0.867. The maximum absolute atomic E-state index is 11.6. The molecule has 1 N–H and O–H groups in total. The highest BCUT2D eigenvalue weighted by Crippen LogP contribution is 2.16. The predicted molar refractivity (Wildman–Crippen MR) is 77.9 cm³/mol. The van der Waals surface area contributed by atoms with E-state index < -0.39 is 6.10 Å². The molecule has 0 bridgehead atoms. The molecule has 1 heterocycles. The van der Waals surface area contributed by atoms with Gasteiger partial charge in [0.2, 0.25) is 5.91 Å². The van der Waals surface area contributed by atoms with E-state index in [9.17, 15) is 9.90 Å². The van der Waals surface area contributed by atoms with Crippen molar-refractivity contribution in [1.82, 2.24) is 9.80 Å². The van der Waals surface area contributed by atoms with Gasteiger partial charge >= 0.3 is 0 Å². The van der Waals surface area contributed by atoms with E-state index in [1.54, 1.807) is 4.90 Å². The molecule has 0 radical (unpaired) electrons. The average Bonchev–Trinajstić information content (AvgIpc) is 2.70. The lowest BCUT2D eigenvalue weighted by atomic mass is 9.96. The zero-order valence-electron chi connectivity index (χ0n) is 12.9. The van der Waals surface area contributed by atoms with Crippen LogP contribution in [0.15, 0.2) is 0 Å². The normalized spacial score (nSPS) is 17.6. The van der Waals surface area contributed by atoms with Crippen LogP contribution in [-0.4, -0.2) is 59.6 Å². The Labute approximate surface area is 122 Å². The lowest BCUT2D eigenvalue weighted by molar-refractivity contribution is -0.129. The monoisotopic (exact) mass is 281 g/mol. The van der Waals surface area contributed by atoms with Gasteiger partial charge < -0.3 is 10.0 Å². The molecular weight excluding hydrogens is 254 g/mol. The highest BCUT2D eigenvalue weighted by Gasteiger charge is 2.24. The highest BCUT2D eigenvalue weighted by molar-refractivity contribution is 5.78. The fourth-order valence-corrected chi connectivity index (χ4v) is 2.62. The Morgan fingerprint density at radius 1 is 1.50 bits per heavy atom. The van der Waals surface area contributed by atoms with E-state index >= 15 is 0 Å². The summed E-state index contributed by atoms with van der Waals surface area (Å²) < 4.78 is 0. The summed E-state index contributed by atoms with van der Waals surface area (Å²) in [4.78, 5) is 15.4. The first-order chi connectivity index (χ1) is 9.31. The van der Waals surface area contributed by atoms with Crippen LogP contribution in [0.4, 0.5) is 0 Å². The van der Waals surface area contributed by atoms with Crippen molar-refractivity contribution in [1.29, 1.82) is 5.26 Å². The number of hydrogen-bond donors (Lipinski definition) is 1. The number of rotatable bonds is 7. The summed E-state index contributed by atoms with van der Waals surface area (Å²) in [6.07, 6.45) is 1.42. The van der Waals surface area contributed by atoms with Crippen LogP contribution in [0.3, 0.4) is 0 Å². The quantitative estimate of drug-likeness (QED) is 0.762. The number of aliphatic hydroxyl groups is 1. The minimum absolute atomic E-state index is 0.124. The summed E-state index contributed by atoms with van der Waals surface area (Å²) in [6, 6.07) is 2.15. The standard InChI is InChI=1S/C15H27N3O2/c1-15(2,3)12-17(8-5-7-16)10-13(19)11-18-9-4-6-14(18)20/h13,19H,4-6,8-12H2,1-3H3. The number of hydrogen-bond acceptors (Lipinski definition) is 4. The van der Waals surface area contributed by atoms with Crippen LogP contribution in [0.2, 0.25) is 0 Å². The molecule has 5 nitrogen and oxygen atoms in total. The maximum atomic E-state index is 11.6. The van der Waals surface area contributed by atoms with Gasteiger partial charge in [0, 0.05) is 45.6 Å². The van der Waals surface area contributed by atoms with Gasteiger partial charge in [0.15, 0.2) is 0 Å². The first kappa shape index (κ1) is 16.9. The Morgan fingerprint density at radius 2 is 2.20 bits per heavy atom. The van der Waals surface area contributed by atoms with Gasteiger partial charge in [-0.2, -0.15) is 5.26 Å². The molecule has 114 valence electrons. The molecule has 0 spiro atoms. The Morgan fingerprint density at radius 3 is 2.70 bits per heavy atom. The van der Waals surface area contributed by atoms with Crippen LogP contribution in [0.1, 0.15) is 40.0 Å². The van der Waals surface area contributed by atoms with E-state index in [0.29, 0.717) is 32.5 Å². The van der Waals surface area contributed by atoms with Crippen LogP contribution in [0, 0.1) is 16.7 Å². The summed E-state index contributed by atoms with van der Waals surface area (Å²) >= 11 is 0. The van der Waals surface area contributed by atoms with Crippen LogP contribution >= 0.6 is 0 Å². The number of aliphatic hydroxyl groups excluding tert-OH is 1. The van der Waals surface area contributed by atoms with E-state index in [1.807, 2.05) is 0 Å². The van der Waals surface area contributed by atoms with Gasteiger partial charge in [0.25, 0.3) is 0 Å². The number of carbonyl (C=O) groups excluding carboxylic acids is 1. The second kappa shape index (κ2) is 7.61. The largest absolute Gasteiger partial charge is 0.390 e. The van der Waals surface area contributed by atoms with Crippen molar-refractivity contribution >= 4 is 5.91 Å². The molecular formula is C15H27N3O2. The molecule has 1 aliphatic rings. The molecule has 1 fully saturated rings. The van der Waals surface area contributed by atoms with E-state index in [2.05, 4.69) is 31.7 Å². The Bertz CT molecular complexity index is 357. The summed E-state index contributed by atoms with van der Waals surface area (Å²) in [5.74, 6) is 0.142. The van der Waals surface area contributed by atoms with Crippen molar-refractivity contribution in [3.8, 4) is 6.07 Å². The number of amides is 1. The third kappa shape index (κ3) is 6.36. The second-order valence-electron chi connectivity index (χ2n) is 6.80. The van der Waals surface area contributed by atoms with Crippen LogP contribution < -0.4 is 0 Å². The van der Waals surface area contributed by atoms with E-state index in [4.69, 9.17) is 5.26 Å². The zero-order valence-corrected chi connectivity index (χ0v) is 12.9. The van der Waals surface area contributed by atoms with Crippen LogP contribution in [0.5, 0.6) is 0 Å². The smallest absolute Gasteiger partial charge is 0.222 e. The zero-order chi connectivity index (χ0) is 15.2. The summed E-state index contributed by atoms with van der Waals surface area (Å²) in [5.41, 5.74) is 0.124. The molecule has 1 rings (SSSR count). The van der Waals surface area contributed by atoms with Crippen molar-refractivity contribution in [2.75, 3.05) is 32.7 Å². The van der Waals surface area contributed by atoms with Gasteiger partial charge in [-0.1, -0.05) is 20.8 Å². The number of nitriles is 1. The van der Waals surface area contributed by atoms with Gasteiger partial charge in [-0.05, 0) is 11.8 Å². The summed E-state index contributed by atoms with van der Waals surface area (Å²) in [7, 11) is 0. The minimum atomic E-state index is -0.543. The molecule has 0 saturated carbocycles. The molecule has 1 saturated heterocycles. The van der Waals surface area contributed by atoms with Gasteiger partial charge in [-0.3, -0.25) is 9.69 Å². The van der Waals surface area contributed by atoms with Crippen molar-refractivity contribution in [2.45, 2.75) is 46.1 Å². The van der Waals surface area contributed by atoms with Crippen LogP contribution in [-0.2, 0) is 4.79 Å². The second-order valence-corrected chi connectivity index (χ2v) is 6.80. The molecule has 0 aromatic carbocycles. The van der Waals surface area contributed by atoms with E-state index in [-0.39, 0.29) is 11.3 Å². The molecule has 5 heteroatoms. The van der Waals surface area contributed by atoms with Crippen molar-refractivity contribution < 1.29 is 9.90 Å². The SMILES string of the molecule is CC(C)(C)CN(CCC#N)CC(O)CN1CCCC1=O. The fourth-order valence-electron chi connectivity index (χ4n) is 2.62. The molecule has 1 aliphatic heterocycles. The lowest BCUT2D eigenvalue weighted by Gasteiger charge is -2.32. The Balaban J connectivity index is 2.46. The predicted octanol–water partition coefficient (Wildman–Crippen LogP) is 1.23. The van der Waals surface area contributed by atoms with Crippen molar-refractivity contribution in [2.24, 2.45) is 5.41 Å². The van der Waals surface area contributed by atoms with Gasteiger partial charge in [0.05, 0.1) is 12.2 Å². The highest BCUT2D eigenvalue weighted by atomic mass is 16.3. The first-order valence-corrected chi connectivity index (χ1v) is 7.37. The maximum Gasteiger partial charge on any atom is 0.222 e. The minimum Gasteiger partial charge on any atom is -0.390 e. The summed E-state index contributed by atoms with van der Waals surface area (Å²) in [5, 5.41) is 18.9. The first-order valence-electron chi connectivity index (χ1n) is 7.37. The van der Waals surface area contributed by atoms with E-state index in [0.717, 1.165) is 19.5 Å². The number of β-amino-alcohol motifs (C(OH)–C–C–N with tert-alkyl or cyclic N) is 1. The topological polar surface area (TPSA) is 67.6 Å². The van der Waals surface area contributed by atoms with Crippen molar-refractivity contribution in [3.05, 3.63) is 0 Å². The molecule has 0 aliphatic carbocycles. The molecule has 0 aromatic rings. The third-order valence-electron chi connectivity index (χ3n) is 3.31. The average molecular weight is 281 g/mol.